The fraction of sp³-hybridized carbons (Fsp3) is 0.368. The molecule has 0 saturated carbocycles. The molecule has 2 aromatic rings. The molecule has 4 nitrogen and oxygen atoms in total. The van der Waals surface area contributed by atoms with E-state index in [1.807, 2.05) is 42.5 Å². The second-order valence-corrected chi connectivity index (χ2v) is 7.71. The second kappa shape index (κ2) is 9.33. The lowest BCUT2D eigenvalue weighted by Gasteiger charge is -2.10. The largest absolute Gasteiger partial charge is 0.385 e. The predicted octanol–water partition coefficient (Wildman–Crippen LogP) is 4.27. The Kier molecular flexibility index (Phi) is 7.12. The van der Waals surface area contributed by atoms with E-state index in [9.17, 15) is 8.42 Å². The van der Waals surface area contributed by atoms with Crippen LogP contribution in [0.1, 0.15) is 31.7 Å². The third-order valence-electron chi connectivity index (χ3n) is 3.77. The molecule has 0 heterocycles. The third kappa shape index (κ3) is 6.62. The minimum absolute atomic E-state index is 0.0774. The highest BCUT2D eigenvalue weighted by Crippen LogP contribution is 2.15. The maximum Gasteiger partial charge on any atom is 0.233 e. The van der Waals surface area contributed by atoms with Crippen LogP contribution in [0, 0.1) is 0 Å². The Morgan fingerprint density at radius 1 is 0.875 bits per heavy atom. The summed E-state index contributed by atoms with van der Waals surface area (Å²) in [4.78, 5) is 0. The quantitative estimate of drug-likeness (QED) is 0.632. The molecule has 24 heavy (non-hydrogen) atoms. The molecule has 0 aliphatic carbocycles. The smallest absolute Gasteiger partial charge is 0.233 e. The molecule has 2 aromatic carbocycles. The van der Waals surface area contributed by atoms with Gasteiger partial charge in [-0.15, -0.1) is 0 Å². The van der Waals surface area contributed by atoms with Gasteiger partial charge in [0.1, 0.15) is 0 Å². The molecular formula is C19H26N2O2S. The standard InChI is InChI=1S/C19H26N2O2S/c1-2-3-7-15-20-18-10-12-19(13-11-18)21-24(22,23)16-14-17-8-5-4-6-9-17/h4-6,8-13,20-21H,2-3,7,14-16H2,1H3. The van der Waals surface area contributed by atoms with Crippen LogP contribution in [0.15, 0.2) is 54.6 Å². The maximum absolute atomic E-state index is 12.2. The molecular weight excluding hydrogens is 320 g/mol. The lowest BCUT2D eigenvalue weighted by Crippen LogP contribution is -2.18. The molecule has 0 aliphatic rings. The van der Waals surface area contributed by atoms with Crippen molar-refractivity contribution in [2.45, 2.75) is 32.6 Å². The van der Waals surface area contributed by atoms with Gasteiger partial charge in [0, 0.05) is 17.9 Å². The van der Waals surface area contributed by atoms with Crippen molar-refractivity contribution in [1.82, 2.24) is 0 Å². The summed E-state index contributed by atoms with van der Waals surface area (Å²) < 4.78 is 27.0. The molecule has 0 aromatic heterocycles. The summed E-state index contributed by atoms with van der Waals surface area (Å²) in [7, 11) is -3.34. The Morgan fingerprint density at radius 2 is 1.54 bits per heavy atom. The molecule has 2 rings (SSSR count). The van der Waals surface area contributed by atoms with E-state index in [0.717, 1.165) is 24.2 Å². The van der Waals surface area contributed by atoms with Gasteiger partial charge in [-0.25, -0.2) is 8.42 Å². The van der Waals surface area contributed by atoms with Crippen LogP contribution in [0.4, 0.5) is 11.4 Å². The monoisotopic (exact) mass is 346 g/mol. The van der Waals surface area contributed by atoms with E-state index in [0.29, 0.717) is 12.1 Å². The van der Waals surface area contributed by atoms with Crippen molar-refractivity contribution in [3.63, 3.8) is 0 Å². The number of aryl methyl sites for hydroxylation is 1. The van der Waals surface area contributed by atoms with E-state index in [2.05, 4.69) is 17.0 Å². The number of nitrogens with one attached hydrogen (secondary N) is 2. The zero-order chi connectivity index (χ0) is 17.3. The minimum atomic E-state index is -3.34. The molecule has 0 radical (unpaired) electrons. The first-order chi connectivity index (χ1) is 11.6. The van der Waals surface area contributed by atoms with Crippen molar-refractivity contribution in [2.24, 2.45) is 0 Å². The van der Waals surface area contributed by atoms with Crippen molar-refractivity contribution in [1.29, 1.82) is 0 Å². The molecule has 0 aliphatic heterocycles. The van der Waals surface area contributed by atoms with Crippen molar-refractivity contribution < 1.29 is 8.42 Å². The van der Waals surface area contributed by atoms with Crippen molar-refractivity contribution in [2.75, 3.05) is 22.3 Å². The average Bonchev–Trinajstić information content (AvgIpc) is 2.59. The number of sulfonamides is 1. The number of hydrogen-bond donors (Lipinski definition) is 2. The Balaban J connectivity index is 1.83. The van der Waals surface area contributed by atoms with Crippen LogP contribution >= 0.6 is 0 Å². The van der Waals surface area contributed by atoms with Crippen molar-refractivity contribution in [3.05, 3.63) is 60.2 Å². The number of hydrogen-bond acceptors (Lipinski definition) is 3. The van der Waals surface area contributed by atoms with Crippen LogP contribution in [0.5, 0.6) is 0 Å². The van der Waals surface area contributed by atoms with Crippen LogP contribution < -0.4 is 10.0 Å². The summed E-state index contributed by atoms with van der Waals surface area (Å²) in [5.41, 5.74) is 2.63. The SMILES string of the molecule is CCCCCNc1ccc(NS(=O)(=O)CCc2ccccc2)cc1. The van der Waals surface area contributed by atoms with Gasteiger partial charge in [0.15, 0.2) is 0 Å². The first kappa shape index (κ1) is 18.3. The van der Waals surface area contributed by atoms with Gasteiger partial charge in [-0.05, 0) is 42.7 Å². The Labute approximate surface area is 145 Å². The highest BCUT2D eigenvalue weighted by Gasteiger charge is 2.10. The Hall–Kier alpha value is -2.01. The predicted molar refractivity (Wildman–Crippen MR) is 102 cm³/mol. The molecule has 0 atom stereocenters. The van der Waals surface area contributed by atoms with Gasteiger partial charge in [0.25, 0.3) is 0 Å². The first-order valence-corrected chi connectivity index (χ1v) is 10.1. The fourth-order valence-corrected chi connectivity index (χ4v) is 3.49. The van der Waals surface area contributed by atoms with Gasteiger partial charge >= 0.3 is 0 Å². The van der Waals surface area contributed by atoms with E-state index >= 15 is 0 Å². The molecule has 0 bridgehead atoms. The Morgan fingerprint density at radius 3 is 2.21 bits per heavy atom. The molecule has 0 amide bonds. The zero-order valence-corrected chi connectivity index (χ0v) is 15.0. The summed E-state index contributed by atoms with van der Waals surface area (Å²) in [6.07, 6.45) is 4.06. The van der Waals surface area contributed by atoms with Crippen molar-refractivity contribution >= 4 is 21.4 Å². The van der Waals surface area contributed by atoms with Gasteiger partial charge in [-0.3, -0.25) is 4.72 Å². The lowest BCUT2D eigenvalue weighted by atomic mass is 10.2. The topological polar surface area (TPSA) is 58.2 Å². The molecule has 0 saturated heterocycles. The number of benzene rings is 2. The summed E-state index contributed by atoms with van der Waals surface area (Å²) in [6.45, 7) is 3.12. The molecule has 0 spiro atoms. The van der Waals surface area contributed by atoms with Crippen LogP contribution in [0.3, 0.4) is 0 Å². The van der Waals surface area contributed by atoms with Gasteiger partial charge in [0.05, 0.1) is 5.75 Å². The van der Waals surface area contributed by atoms with Gasteiger partial charge in [0.2, 0.25) is 10.0 Å². The van der Waals surface area contributed by atoms with Crippen LogP contribution in [0.25, 0.3) is 0 Å². The highest BCUT2D eigenvalue weighted by molar-refractivity contribution is 7.92. The van der Waals surface area contributed by atoms with Crippen molar-refractivity contribution in [3.8, 4) is 0 Å². The van der Waals surface area contributed by atoms with Gasteiger partial charge in [-0.1, -0.05) is 50.1 Å². The highest BCUT2D eigenvalue weighted by atomic mass is 32.2. The van der Waals surface area contributed by atoms with Crippen LogP contribution in [-0.4, -0.2) is 20.7 Å². The maximum atomic E-state index is 12.2. The van der Waals surface area contributed by atoms with E-state index < -0.39 is 10.0 Å². The molecule has 0 fully saturated rings. The third-order valence-corrected chi connectivity index (χ3v) is 5.06. The Bertz CT molecular complexity index is 698. The van der Waals surface area contributed by atoms with E-state index in [1.54, 1.807) is 12.1 Å². The number of anilines is 2. The summed E-state index contributed by atoms with van der Waals surface area (Å²) in [5, 5.41) is 3.34. The minimum Gasteiger partial charge on any atom is -0.385 e. The summed E-state index contributed by atoms with van der Waals surface area (Å²) in [6, 6.07) is 17.0. The summed E-state index contributed by atoms with van der Waals surface area (Å²) >= 11 is 0. The van der Waals surface area contributed by atoms with E-state index in [4.69, 9.17) is 0 Å². The molecule has 2 N–H and O–H groups in total. The van der Waals surface area contributed by atoms with Crippen LogP contribution in [-0.2, 0) is 16.4 Å². The molecule has 0 unspecified atom stereocenters. The number of unbranched alkanes of at least 4 members (excludes halogenated alkanes) is 2. The van der Waals surface area contributed by atoms with E-state index in [-0.39, 0.29) is 5.75 Å². The normalized spacial score (nSPS) is 11.2. The first-order valence-electron chi connectivity index (χ1n) is 8.47. The molecule has 130 valence electrons. The van der Waals surface area contributed by atoms with E-state index in [1.165, 1.54) is 12.8 Å². The second-order valence-electron chi connectivity index (χ2n) is 5.87. The fourth-order valence-electron chi connectivity index (χ4n) is 2.39. The van der Waals surface area contributed by atoms with Gasteiger partial charge in [-0.2, -0.15) is 0 Å². The lowest BCUT2D eigenvalue weighted by molar-refractivity contribution is 0.600. The van der Waals surface area contributed by atoms with Crippen LogP contribution in [0.2, 0.25) is 0 Å². The molecule has 5 heteroatoms. The zero-order valence-electron chi connectivity index (χ0n) is 14.2. The number of rotatable bonds is 10. The average molecular weight is 346 g/mol. The van der Waals surface area contributed by atoms with Gasteiger partial charge < -0.3 is 5.32 Å². The summed E-state index contributed by atoms with van der Waals surface area (Å²) in [5.74, 6) is 0.0774.